The molecule has 0 atom stereocenters. The second-order valence-corrected chi connectivity index (χ2v) is 3.89. The number of carbonyl (C=O) groups is 1. The van der Waals surface area contributed by atoms with Crippen molar-refractivity contribution in [1.82, 2.24) is 10.2 Å². The van der Waals surface area contributed by atoms with Gasteiger partial charge in [-0.2, -0.15) is 0 Å². The van der Waals surface area contributed by atoms with Gasteiger partial charge in [-0.3, -0.25) is 4.79 Å². The minimum absolute atomic E-state index is 0.136. The van der Waals surface area contributed by atoms with Crippen LogP contribution >= 0.6 is 0 Å². The van der Waals surface area contributed by atoms with Gasteiger partial charge in [-0.15, -0.1) is 0 Å². The Labute approximate surface area is 103 Å². The number of furan rings is 1. The second-order valence-electron chi connectivity index (χ2n) is 3.89. The molecule has 17 heavy (non-hydrogen) atoms. The van der Waals surface area contributed by atoms with Crippen molar-refractivity contribution >= 4 is 5.91 Å². The average Bonchev–Trinajstić information content (AvgIpc) is 2.78. The van der Waals surface area contributed by atoms with Crippen molar-refractivity contribution in [2.24, 2.45) is 0 Å². The van der Waals surface area contributed by atoms with E-state index in [1.807, 2.05) is 30.9 Å². The van der Waals surface area contributed by atoms with E-state index in [1.54, 1.807) is 0 Å². The van der Waals surface area contributed by atoms with Crippen LogP contribution in [0.5, 0.6) is 0 Å². The Morgan fingerprint density at radius 2 is 1.88 bits per heavy atom. The lowest BCUT2D eigenvalue weighted by molar-refractivity contribution is -0.129. The molecule has 96 valence electrons. The van der Waals surface area contributed by atoms with E-state index in [-0.39, 0.29) is 5.91 Å². The molecule has 0 saturated heterocycles. The van der Waals surface area contributed by atoms with Gasteiger partial charge in [0.1, 0.15) is 11.5 Å². The van der Waals surface area contributed by atoms with Gasteiger partial charge < -0.3 is 14.6 Å². The number of likely N-dealkylation sites (N-methyl/N-ethyl adjacent to an activating group) is 1. The molecule has 1 amide bonds. The first-order chi connectivity index (χ1) is 8.21. The molecule has 4 nitrogen and oxygen atoms in total. The van der Waals surface area contributed by atoms with Gasteiger partial charge in [0.2, 0.25) is 5.91 Å². The molecular weight excluding hydrogens is 216 g/mol. The Morgan fingerprint density at radius 3 is 2.41 bits per heavy atom. The minimum Gasteiger partial charge on any atom is -0.465 e. The number of amides is 1. The summed E-state index contributed by atoms with van der Waals surface area (Å²) < 4.78 is 5.54. The van der Waals surface area contributed by atoms with E-state index in [0.717, 1.165) is 31.0 Å². The first-order valence-electron chi connectivity index (χ1n) is 6.27. The van der Waals surface area contributed by atoms with Crippen molar-refractivity contribution in [3.8, 4) is 0 Å². The number of rotatable bonds is 7. The van der Waals surface area contributed by atoms with E-state index < -0.39 is 0 Å². The number of hydrogen-bond donors (Lipinski definition) is 1. The van der Waals surface area contributed by atoms with Crippen LogP contribution < -0.4 is 5.32 Å². The molecule has 0 fully saturated rings. The molecule has 0 radical (unpaired) electrons. The van der Waals surface area contributed by atoms with Gasteiger partial charge in [-0.25, -0.2) is 0 Å². The fourth-order valence-electron chi connectivity index (χ4n) is 1.69. The molecule has 4 heteroatoms. The summed E-state index contributed by atoms with van der Waals surface area (Å²) in [6.45, 7) is 8.52. The van der Waals surface area contributed by atoms with E-state index in [0.29, 0.717) is 13.1 Å². The van der Waals surface area contributed by atoms with Gasteiger partial charge in [0.25, 0.3) is 0 Å². The summed E-state index contributed by atoms with van der Waals surface area (Å²) in [5.41, 5.74) is 0. The highest BCUT2D eigenvalue weighted by Crippen LogP contribution is 2.07. The van der Waals surface area contributed by atoms with Crippen LogP contribution in [0.25, 0.3) is 0 Å². The van der Waals surface area contributed by atoms with Gasteiger partial charge in [0.05, 0.1) is 13.1 Å². The number of hydrogen-bond acceptors (Lipinski definition) is 3. The zero-order chi connectivity index (χ0) is 12.7. The smallest absolute Gasteiger partial charge is 0.236 e. The summed E-state index contributed by atoms with van der Waals surface area (Å²) in [7, 11) is 0. The van der Waals surface area contributed by atoms with Crippen LogP contribution in [0.4, 0.5) is 0 Å². The molecule has 0 aliphatic carbocycles. The molecule has 0 aliphatic heterocycles. The standard InChI is InChI=1S/C13H22N2O2/c1-4-11-7-8-12(17-11)9-14-10-13(16)15(5-2)6-3/h7-8,14H,4-6,9-10H2,1-3H3. The molecule has 0 aromatic carbocycles. The molecule has 0 saturated carbocycles. The van der Waals surface area contributed by atoms with Crippen LogP contribution in [0.15, 0.2) is 16.5 Å². The van der Waals surface area contributed by atoms with E-state index >= 15 is 0 Å². The summed E-state index contributed by atoms with van der Waals surface area (Å²) in [6, 6.07) is 3.93. The third-order valence-corrected chi connectivity index (χ3v) is 2.76. The highest BCUT2D eigenvalue weighted by Gasteiger charge is 2.08. The normalized spacial score (nSPS) is 10.5. The van der Waals surface area contributed by atoms with Crippen molar-refractivity contribution in [3.63, 3.8) is 0 Å². The quantitative estimate of drug-likeness (QED) is 0.788. The highest BCUT2D eigenvalue weighted by atomic mass is 16.3. The van der Waals surface area contributed by atoms with E-state index in [1.165, 1.54) is 0 Å². The van der Waals surface area contributed by atoms with Crippen LogP contribution in [0, 0.1) is 0 Å². The van der Waals surface area contributed by atoms with Crippen LogP contribution in [-0.4, -0.2) is 30.4 Å². The SMILES string of the molecule is CCc1ccc(CNCC(=O)N(CC)CC)o1. The van der Waals surface area contributed by atoms with Crippen molar-refractivity contribution in [3.05, 3.63) is 23.7 Å². The topological polar surface area (TPSA) is 45.5 Å². The molecular formula is C13H22N2O2. The van der Waals surface area contributed by atoms with Gasteiger partial charge in [0.15, 0.2) is 0 Å². The fraction of sp³-hybridized carbons (Fsp3) is 0.615. The van der Waals surface area contributed by atoms with E-state index in [2.05, 4.69) is 12.2 Å². The predicted molar refractivity (Wildman–Crippen MR) is 67.7 cm³/mol. The Bertz CT molecular complexity index is 343. The Balaban J connectivity index is 2.29. The van der Waals surface area contributed by atoms with E-state index in [4.69, 9.17) is 4.42 Å². The third-order valence-electron chi connectivity index (χ3n) is 2.76. The summed E-state index contributed by atoms with van der Waals surface area (Å²) in [5, 5.41) is 3.10. The van der Waals surface area contributed by atoms with Crippen LogP contribution in [0.2, 0.25) is 0 Å². The molecule has 0 bridgehead atoms. The lowest BCUT2D eigenvalue weighted by Gasteiger charge is -2.18. The molecule has 1 rings (SSSR count). The zero-order valence-corrected chi connectivity index (χ0v) is 11.0. The lowest BCUT2D eigenvalue weighted by atomic mass is 10.3. The number of nitrogens with zero attached hydrogens (tertiary/aromatic N) is 1. The average molecular weight is 238 g/mol. The maximum atomic E-state index is 11.7. The molecule has 1 aromatic rings. The monoisotopic (exact) mass is 238 g/mol. The highest BCUT2D eigenvalue weighted by molar-refractivity contribution is 5.78. The fourth-order valence-corrected chi connectivity index (χ4v) is 1.69. The number of carbonyl (C=O) groups excluding carboxylic acids is 1. The first kappa shape index (κ1) is 13.8. The minimum atomic E-state index is 0.136. The largest absolute Gasteiger partial charge is 0.465 e. The van der Waals surface area contributed by atoms with E-state index in [9.17, 15) is 4.79 Å². The molecule has 0 aliphatic rings. The Morgan fingerprint density at radius 1 is 1.24 bits per heavy atom. The molecule has 1 N–H and O–H groups in total. The Hall–Kier alpha value is -1.29. The van der Waals surface area contributed by atoms with Crippen LogP contribution in [0.1, 0.15) is 32.3 Å². The van der Waals surface area contributed by atoms with Gasteiger partial charge in [-0.05, 0) is 26.0 Å². The van der Waals surface area contributed by atoms with Crippen molar-refractivity contribution in [2.75, 3.05) is 19.6 Å². The van der Waals surface area contributed by atoms with Gasteiger partial charge in [-0.1, -0.05) is 6.92 Å². The Kier molecular flexibility index (Phi) is 5.77. The van der Waals surface area contributed by atoms with Crippen molar-refractivity contribution in [2.45, 2.75) is 33.7 Å². The van der Waals surface area contributed by atoms with Crippen LogP contribution in [-0.2, 0) is 17.8 Å². The second kappa shape index (κ2) is 7.12. The van der Waals surface area contributed by atoms with Crippen molar-refractivity contribution in [1.29, 1.82) is 0 Å². The summed E-state index contributed by atoms with van der Waals surface area (Å²) >= 11 is 0. The molecule has 0 unspecified atom stereocenters. The van der Waals surface area contributed by atoms with Crippen LogP contribution in [0.3, 0.4) is 0 Å². The van der Waals surface area contributed by atoms with Crippen molar-refractivity contribution < 1.29 is 9.21 Å². The maximum absolute atomic E-state index is 11.7. The molecule has 1 heterocycles. The summed E-state index contributed by atoms with van der Waals surface area (Å²) in [4.78, 5) is 13.5. The third kappa shape index (κ3) is 4.23. The van der Waals surface area contributed by atoms with Gasteiger partial charge >= 0.3 is 0 Å². The zero-order valence-electron chi connectivity index (χ0n) is 11.0. The summed E-state index contributed by atoms with van der Waals surface area (Å²) in [6.07, 6.45) is 0.901. The number of nitrogens with one attached hydrogen (secondary N) is 1. The first-order valence-corrected chi connectivity index (χ1v) is 6.27. The predicted octanol–water partition coefficient (Wildman–Crippen LogP) is 1.80. The summed E-state index contributed by atoms with van der Waals surface area (Å²) in [5.74, 6) is 2.00. The maximum Gasteiger partial charge on any atom is 0.236 e. The lowest BCUT2D eigenvalue weighted by Crippen LogP contribution is -2.37. The molecule has 0 spiro atoms. The molecule has 1 aromatic heterocycles. The van der Waals surface area contributed by atoms with Gasteiger partial charge in [0, 0.05) is 19.5 Å². The number of aryl methyl sites for hydroxylation is 1.